The van der Waals surface area contributed by atoms with Crippen LogP contribution in [0, 0.1) is 0 Å². The van der Waals surface area contributed by atoms with E-state index < -0.39 is 5.60 Å². The van der Waals surface area contributed by atoms with Crippen LogP contribution in [0.1, 0.15) is 44.2 Å². The summed E-state index contributed by atoms with van der Waals surface area (Å²) < 4.78 is 0. The fraction of sp³-hybridized carbons (Fsp3) is 0.400. The molecule has 2 nitrogen and oxygen atoms in total. The lowest BCUT2D eigenvalue weighted by Gasteiger charge is -2.17. The summed E-state index contributed by atoms with van der Waals surface area (Å²) in [7, 11) is 0. The number of rotatable bonds is 3. The number of hydrogen-bond acceptors (Lipinski definition) is 3. The lowest BCUT2D eigenvalue weighted by molar-refractivity contribution is 0.0811. The largest absolute Gasteiger partial charge is 0.385 e. The van der Waals surface area contributed by atoms with E-state index >= 15 is 0 Å². The fourth-order valence-corrected chi connectivity index (χ4v) is 3.09. The highest BCUT2D eigenvalue weighted by Crippen LogP contribution is 2.37. The van der Waals surface area contributed by atoms with Gasteiger partial charge in [0.25, 0.3) is 0 Å². The SMILES string of the molecule is CC(C)c1nc(-c2ccccc2)sc1C(C)(C)O. The van der Waals surface area contributed by atoms with Crippen LogP contribution in [0.4, 0.5) is 0 Å². The second kappa shape index (κ2) is 4.82. The molecule has 0 atom stereocenters. The highest BCUT2D eigenvalue weighted by Gasteiger charge is 2.26. The van der Waals surface area contributed by atoms with E-state index in [9.17, 15) is 5.11 Å². The first kappa shape index (κ1) is 13.2. The Kier molecular flexibility index (Phi) is 3.55. The van der Waals surface area contributed by atoms with Crippen molar-refractivity contribution in [3.63, 3.8) is 0 Å². The Balaban J connectivity index is 2.53. The van der Waals surface area contributed by atoms with Gasteiger partial charge in [0.1, 0.15) is 5.01 Å². The molecule has 3 heteroatoms. The van der Waals surface area contributed by atoms with Crippen molar-refractivity contribution in [2.45, 2.75) is 39.2 Å². The highest BCUT2D eigenvalue weighted by molar-refractivity contribution is 7.15. The van der Waals surface area contributed by atoms with E-state index in [0.29, 0.717) is 5.92 Å². The minimum atomic E-state index is -0.829. The summed E-state index contributed by atoms with van der Waals surface area (Å²) in [5, 5.41) is 11.2. The predicted octanol–water partition coefficient (Wildman–Crippen LogP) is 4.16. The molecule has 1 aromatic carbocycles. The number of aromatic nitrogens is 1. The van der Waals surface area contributed by atoms with E-state index in [1.54, 1.807) is 11.3 Å². The third-order valence-corrected chi connectivity index (χ3v) is 4.21. The summed E-state index contributed by atoms with van der Waals surface area (Å²) in [6.45, 7) is 7.86. The van der Waals surface area contributed by atoms with Crippen molar-refractivity contribution in [3.8, 4) is 10.6 Å². The van der Waals surface area contributed by atoms with E-state index in [4.69, 9.17) is 4.98 Å². The monoisotopic (exact) mass is 261 g/mol. The molecule has 0 amide bonds. The van der Waals surface area contributed by atoms with Gasteiger partial charge in [-0.3, -0.25) is 0 Å². The molecule has 0 bridgehead atoms. The van der Waals surface area contributed by atoms with Crippen LogP contribution in [0.25, 0.3) is 10.6 Å². The molecule has 1 N–H and O–H groups in total. The molecular weight excluding hydrogens is 242 g/mol. The summed E-state index contributed by atoms with van der Waals surface area (Å²) in [6, 6.07) is 10.1. The van der Waals surface area contributed by atoms with E-state index in [1.165, 1.54) is 0 Å². The molecule has 1 aromatic heterocycles. The number of aliphatic hydroxyl groups is 1. The van der Waals surface area contributed by atoms with Crippen LogP contribution < -0.4 is 0 Å². The van der Waals surface area contributed by atoms with Gasteiger partial charge >= 0.3 is 0 Å². The smallest absolute Gasteiger partial charge is 0.123 e. The van der Waals surface area contributed by atoms with Crippen molar-refractivity contribution in [1.29, 1.82) is 0 Å². The first-order valence-electron chi connectivity index (χ1n) is 6.18. The molecule has 96 valence electrons. The number of nitrogens with zero attached hydrogens (tertiary/aromatic N) is 1. The van der Waals surface area contributed by atoms with Crippen molar-refractivity contribution < 1.29 is 5.11 Å². The summed E-state index contributed by atoms with van der Waals surface area (Å²) in [4.78, 5) is 5.67. The van der Waals surface area contributed by atoms with Gasteiger partial charge in [-0.1, -0.05) is 44.2 Å². The standard InChI is InChI=1S/C15H19NOS/c1-10(2)12-13(15(3,4)17)18-14(16-12)11-8-6-5-7-9-11/h5-10,17H,1-4H3. The van der Waals surface area contributed by atoms with Gasteiger partial charge < -0.3 is 5.11 Å². The van der Waals surface area contributed by atoms with E-state index in [-0.39, 0.29) is 0 Å². The quantitative estimate of drug-likeness (QED) is 0.900. The molecule has 0 unspecified atom stereocenters. The molecule has 0 spiro atoms. The Morgan fingerprint density at radius 3 is 2.22 bits per heavy atom. The molecule has 0 fully saturated rings. The lowest BCUT2D eigenvalue weighted by Crippen LogP contribution is -2.16. The van der Waals surface area contributed by atoms with Crippen molar-refractivity contribution in [1.82, 2.24) is 4.98 Å². The van der Waals surface area contributed by atoms with E-state index in [0.717, 1.165) is 21.1 Å². The lowest BCUT2D eigenvalue weighted by atomic mass is 10.0. The maximum Gasteiger partial charge on any atom is 0.123 e. The van der Waals surface area contributed by atoms with E-state index in [2.05, 4.69) is 26.0 Å². The molecule has 0 saturated heterocycles. The molecule has 0 radical (unpaired) electrons. The molecular formula is C15H19NOS. The number of benzene rings is 1. The first-order valence-corrected chi connectivity index (χ1v) is 7.00. The molecule has 2 aromatic rings. The average Bonchev–Trinajstić information content (AvgIpc) is 2.74. The zero-order valence-electron chi connectivity index (χ0n) is 11.3. The minimum absolute atomic E-state index is 0.320. The molecule has 0 saturated carbocycles. The molecule has 0 aliphatic carbocycles. The Morgan fingerprint density at radius 1 is 1.17 bits per heavy atom. The zero-order chi connectivity index (χ0) is 13.3. The van der Waals surface area contributed by atoms with Crippen molar-refractivity contribution in [2.24, 2.45) is 0 Å². The van der Waals surface area contributed by atoms with Crippen LogP contribution in [0.2, 0.25) is 0 Å². The van der Waals surface area contributed by atoms with Gasteiger partial charge in [-0.25, -0.2) is 4.98 Å². The average molecular weight is 261 g/mol. The second-order valence-electron chi connectivity index (χ2n) is 5.31. The van der Waals surface area contributed by atoms with Gasteiger partial charge in [0.05, 0.1) is 16.2 Å². The molecule has 2 rings (SSSR count). The predicted molar refractivity (Wildman–Crippen MR) is 76.9 cm³/mol. The molecule has 18 heavy (non-hydrogen) atoms. The number of thiazole rings is 1. The van der Waals surface area contributed by atoms with Crippen LogP contribution >= 0.6 is 11.3 Å². The second-order valence-corrected chi connectivity index (χ2v) is 6.31. The van der Waals surface area contributed by atoms with Gasteiger partial charge in [0.15, 0.2) is 0 Å². The van der Waals surface area contributed by atoms with Crippen LogP contribution in [-0.2, 0) is 5.60 Å². The molecule has 0 aliphatic heterocycles. The van der Waals surface area contributed by atoms with E-state index in [1.807, 2.05) is 32.0 Å². The first-order chi connectivity index (χ1) is 8.39. The van der Waals surface area contributed by atoms with Crippen molar-refractivity contribution in [3.05, 3.63) is 40.9 Å². The molecule has 1 heterocycles. The summed E-state index contributed by atoms with van der Waals surface area (Å²) in [6.07, 6.45) is 0. The summed E-state index contributed by atoms with van der Waals surface area (Å²) >= 11 is 1.59. The third-order valence-electron chi connectivity index (χ3n) is 2.78. The Morgan fingerprint density at radius 2 is 1.78 bits per heavy atom. The van der Waals surface area contributed by atoms with Crippen LogP contribution in [-0.4, -0.2) is 10.1 Å². The van der Waals surface area contributed by atoms with Crippen LogP contribution in [0.5, 0.6) is 0 Å². The normalized spacial score (nSPS) is 12.1. The van der Waals surface area contributed by atoms with Crippen molar-refractivity contribution >= 4 is 11.3 Å². The third kappa shape index (κ3) is 2.62. The number of hydrogen-bond donors (Lipinski definition) is 1. The summed E-state index contributed by atoms with van der Waals surface area (Å²) in [5.74, 6) is 0.320. The van der Waals surface area contributed by atoms with Gasteiger partial charge in [-0.2, -0.15) is 0 Å². The zero-order valence-corrected chi connectivity index (χ0v) is 12.1. The van der Waals surface area contributed by atoms with Gasteiger partial charge in [0, 0.05) is 5.56 Å². The maximum absolute atomic E-state index is 10.2. The maximum atomic E-state index is 10.2. The Hall–Kier alpha value is -1.19. The minimum Gasteiger partial charge on any atom is -0.385 e. The van der Waals surface area contributed by atoms with Gasteiger partial charge in [-0.05, 0) is 19.8 Å². The summed E-state index contributed by atoms with van der Waals surface area (Å²) in [5.41, 5.74) is 1.29. The van der Waals surface area contributed by atoms with Crippen LogP contribution in [0.3, 0.4) is 0 Å². The van der Waals surface area contributed by atoms with Gasteiger partial charge in [0.2, 0.25) is 0 Å². The topological polar surface area (TPSA) is 33.1 Å². The van der Waals surface area contributed by atoms with Gasteiger partial charge in [-0.15, -0.1) is 11.3 Å². The van der Waals surface area contributed by atoms with Crippen molar-refractivity contribution in [2.75, 3.05) is 0 Å². The Bertz CT molecular complexity index is 523. The Labute approximate surface area is 112 Å². The van der Waals surface area contributed by atoms with Crippen LogP contribution in [0.15, 0.2) is 30.3 Å². The fourth-order valence-electron chi connectivity index (χ4n) is 1.87. The highest BCUT2D eigenvalue weighted by atomic mass is 32.1. The molecule has 0 aliphatic rings.